The van der Waals surface area contributed by atoms with Crippen LogP contribution in [-0.2, 0) is 6.42 Å². The van der Waals surface area contributed by atoms with E-state index in [1.165, 1.54) is 16.3 Å². The highest BCUT2D eigenvalue weighted by Gasteiger charge is 2.24. The van der Waals surface area contributed by atoms with Crippen LogP contribution in [0.25, 0.3) is 10.8 Å². The molecule has 1 N–H and O–H groups in total. The maximum absolute atomic E-state index is 5.38. The molecule has 0 heterocycles. The lowest BCUT2D eigenvalue weighted by atomic mass is 9.82. The number of fused-ring (bicyclic) bond motifs is 1. The molecule has 0 aliphatic rings. The molecule has 0 aromatic heterocycles. The topological polar surface area (TPSA) is 21.3 Å². The Morgan fingerprint density at radius 1 is 1.14 bits per heavy atom. The number of methoxy groups -OCH3 is 1. The second-order valence-electron chi connectivity index (χ2n) is 6.68. The minimum Gasteiger partial charge on any atom is -0.497 e. The first kappa shape index (κ1) is 15.8. The molecule has 0 radical (unpaired) electrons. The fraction of sp³-hybridized carbons (Fsp3) is 0.474. The highest BCUT2D eigenvalue weighted by molar-refractivity contribution is 5.87. The van der Waals surface area contributed by atoms with Crippen molar-refractivity contribution < 1.29 is 4.74 Å². The van der Waals surface area contributed by atoms with Crippen LogP contribution in [0.3, 0.4) is 0 Å². The van der Waals surface area contributed by atoms with Crippen molar-refractivity contribution >= 4 is 10.8 Å². The molecule has 0 amide bonds. The smallest absolute Gasteiger partial charge is 0.119 e. The Kier molecular flexibility index (Phi) is 4.89. The molecule has 114 valence electrons. The molecule has 0 saturated carbocycles. The number of hydrogen-bond acceptors (Lipinski definition) is 2. The van der Waals surface area contributed by atoms with Crippen molar-refractivity contribution in [3.63, 3.8) is 0 Å². The summed E-state index contributed by atoms with van der Waals surface area (Å²) in [5.74, 6) is 0.922. The molecule has 0 saturated heterocycles. The van der Waals surface area contributed by atoms with Gasteiger partial charge < -0.3 is 10.1 Å². The quantitative estimate of drug-likeness (QED) is 0.878. The Labute approximate surface area is 128 Å². The van der Waals surface area contributed by atoms with Crippen LogP contribution in [-0.4, -0.2) is 19.7 Å². The van der Waals surface area contributed by atoms with Crippen molar-refractivity contribution in [2.45, 2.75) is 40.2 Å². The number of ether oxygens (including phenoxy) is 1. The lowest BCUT2D eigenvalue weighted by molar-refractivity contribution is 0.270. The van der Waals surface area contributed by atoms with Crippen molar-refractivity contribution in [2.24, 2.45) is 5.41 Å². The molecule has 1 unspecified atom stereocenters. The van der Waals surface area contributed by atoms with Crippen molar-refractivity contribution in [1.29, 1.82) is 0 Å². The van der Waals surface area contributed by atoms with Gasteiger partial charge >= 0.3 is 0 Å². The predicted octanol–water partition coefficient (Wildman–Crippen LogP) is 4.42. The standard InChI is InChI=1S/C19H27NO/c1-6-20-18(19(2,3)4)12-15-9-7-8-14-10-11-16(21-5)13-17(14)15/h7-11,13,18,20H,6,12H2,1-5H3. The van der Waals surface area contributed by atoms with E-state index in [-0.39, 0.29) is 5.41 Å². The third kappa shape index (κ3) is 3.76. The van der Waals surface area contributed by atoms with Gasteiger partial charge in [0.2, 0.25) is 0 Å². The van der Waals surface area contributed by atoms with Gasteiger partial charge in [-0.25, -0.2) is 0 Å². The summed E-state index contributed by atoms with van der Waals surface area (Å²) in [6, 6.07) is 13.3. The molecule has 2 aromatic carbocycles. The van der Waals surface area contributed by atoms with Gasteiger partial charge in [0, 0.05) is 6.04 Å². The summed E-state index contributed by atoms with van der Waals surface area (Å²) in [4.78, 5) is 0. The Morgan fingerprint density at radius 2 is 1.90 bits per heavy atom. The van der Waals surface area contributed by atoms with E-state index in [4.69, 9.17) is 4.74 Å². The summed E-state index contributed by atoms with van der Waals surface area (Å²) in [5, 5.41) is 6.20. The molecule has 0 aliphatic heterocycles. The summed E-state index contributed by atoms with van der Waals surface area (Å²) >= 11 is 0. The van der Waals surface area contributed by atoms with E-state index in [0.29, 0.717) is 6.04 Å². The number of benzene rings is 2. The highest BCUT2D eigenvalue weighted by Crippen LogP contribution is 2.28. The Balaban J connectivity index is 2.40. The van der Waals surface area contributed by atoms with Crippen LogP contribution in [0.4, 0.5) is 0 Å². The average Bonchev–Trinajstić information content (AvgIpc) is 2.45. The molecule has 2 rings (SSSR count). The van der Waals surface area contributed by atoms with Gasteiger partial charge in [0.1, 0.15) is 5.75 Å². The molecule has 1 atom stereocenters. The molecule has 2 heteroatoms. The maximum atomic E-state index is 5.38. The predicted molar refractivity (Wildman–Crippen MR) is 91.1 cm³/mol. The zero-order valence-electron chi connectivity index (χ0n) is 13.9. The van der Waals surface area contributed by atoms with Gasteiger partial charge in [-0.15, -0.1) is 0 Å². The van der Waals surface area contributed by atoms with Gasteiger partial charge in [-0.05, 0) is 46.8 Å². The Bertz CT molecular complexity index is 598. The van der Waals surface area contributed by atoms with Crippen LogP contribution < -0.4 is 10.1 Å². The van der Waals surface area contributed by atoms with Crippen LogP contribution in [0.1, 0.15) is 33.3 Å². The van der Waals surface area contributed by atoms with Crippen LogP contribution in [0.2, 0.25) is 0 Å². The number of likely N-dealkylation sites (N-methyl/N-ethyl adjacent to an activating group) is 1. The summed E-state index contributed by atoms with van der Waals surface area (Å²) in [7, 11) is 1.72. The van der Waals surface area contributed by atoms with E-state index in [2.05, 4.69) is 63.3 Å². The SMILES string of the molecule is CCNC(Cc1cccc2ccc(OC)cc12)C(C)(C)C. The summed E-state index contributed by atoms with van der Waals surface area (Å²) in [6.45, 7) is 10.1. The van der Waals surface area contributed by atoms with Gasteiger partial charge in [0.25, 0.3) is 0 Å². The van der Waals surface area contributed by atoms with E-state index >= 15 is 0 Å². The lowest BCUT2D eigenvalue weighted by Crippen LogP contribution is -2.41. The van der Waals surface area contributed by atoms with E-state index < -0.39 is 0 Å². The fourth-order valence-corrected chi connectivity index (χ4v) is 2.77. The van der Waals surface area contributed by atoms with E-state index in [1.807, 2.05) is 6.07 Å². The van der Waals surface area contributed by atoms with Crippen molar-refractivity contribution in [3.8, 4) is 5.75 Å². The fourth-order valence-electron chi connectivity index (χ4n) is 2.77. The maximum Gasteiger partial charge on any atom is 0.119 e. The highest BCUT2D eigenvalue weighted by atomic mass is 16.5. The normalized spacial score (nSPS) is 13.4. The average molecular weight is 285 g/mol. The molecular weight excluding hydrogens is 258 g/mol. The molecule has 0 fully saturated rings. The summed E-state index contributed by atoms with van der Waals surface area (Å²) < 4.78 is 5.38. The molecule has 21 heavy (non-hydrogen) atoms. The lowest BCUT2D eigenvalue weighted by Gasteiger charge is -2.32. The molecule has 2 aromatic rings. The minimum absolute atomic E-state index is 0.233. The van der Waals surface area contributed by atoms with Crippen LogP contribution in [0.5, 0.6) is 5.75 Å². The van der Waals surface area contributed by atoms with Crippen molar-refractivity contribution in [2.75, 3.05) is 13.7 Å². The molecule has 0 bridgehead atoms. The second kappa shape index (κ2) is 6.48. The van der Waals surface area contributed by atoms with Gasteiger partial charge in [-0.2, -0.15) is 0 Å². The molecule has 0 spiro atoms. The van der Waals surface area contributed by atoms with Crippen LogP contribution in [0, 0.1) is 5.41 Å². The van der Waals surface area contributed by atoms with Crippen molar-refractivity contribution in [1.82, 2.24) is 5.32 Å². The van der Waals surface area contributed by atoms with Crippen LogP contribution in [0.15, 0.2) is 36.4 Å². The third-order valence-electron chi connectivity index (χ3n) is 4.10. The number of hydrogen-bond donors (Lipinski definition) is 1. The molecule has 2 nitrogen and oxygen atoms in total. The first-order valence-electron chi connectivity index (χ1n) is 7.74. The van der Waals surface area contributed by atoms with E-state index in [9.17, 15) is 0 Å². The van der Waals surface area contributed by atoms with E-state index in [1.54, 1.807) is 7.11 Å². The third-order valence-corrected chi connectivity index (χ3v) is 4.10. The molecular formula is C19H27NO. The van der Waals surface area contributed by atoms with Gasteiger partial charge in [-0.1, -0.05) is 52.0 Å². The van der Waals surface area contributed by atoms with Gasteiger partial charge in [0.05, 0.1) is 7.11 Å². The minimum atomic E-state index is 0.233. The monoisotopic (exact) mass is 285 g/mol. The zero-order chi connectivity index (χ0) is 15.5. The van der Waals surface area contributed by atoms with E-state index in [0.717, 1.165) is 18.7 Å². The number of nitrogens with one attached hydrogen (secondary N) is 1. The van der Waals surface area contributed by atoms with Gasteiger partial charge in [-0.3, -0.25) is 0 Å². The first-order valence-corrected chi connectivity index (χ1v) is 7.74. The second-order valence-corrected chi connectivity index (χ2v) is 6.68. The van der Waals surface area contributed by atoms with Gasteiger partial charge in [0.15, 0.2) is 0 Å². The van der Waals surface area contributed by atoms with Crippen molar-refractivity contribution in [3.05, 3.63) is 42.0 Å². The summed E-state index contributed by atoms with van der Waals surface area (Å²) in [5.41, 5.74) is 1.61. The largest absolute Gasteiger partial charge is 0.497 e. The Morgan fingerprint density at radius 3 is 2.52 bits per heavy atom. The first-order chi connectivity index (χ1) is 9.95. The molecule has 0 aliphatic carbocycles. The summed E-state index contributed by atoms with van der Waals surface area (Å²) in [6.07, 6.45) is 1.03. The van der Waals surface area contributed by atoms with Crippen LogP contribution >= 0.6 is 0 Å². The number of rotatable bonds is 5. The Hall–Kier alpha value is -1.54. The zero-order valence-corrected chi connectivity index (χ0v) is 13.9.